The first-order valence-corrected chi connectivity index (χ1v) is 10.3. The van der Waals surface area contributed by atoms with E-state index in [-0.39, 0.29) is 30.3 Å². The van der Waals surface area contributed by atoms with Crippen LogP contribution in [0.1, 0.15) is 34.6 Å². The van der Waals surface area contributed by atoms with Gasteiger partial charge in [-0.15, -0.1) is 0 Å². The second-order valence-corrected chi connectivity index (χ2v) is 7.59. The molecule has 0 saturated carbocycles. The highest BCUT2D eigenvalue weighted by Gasteiger charge is 2.18. The summed E-state index contributed by atoms with van der Waals surface area (Å²) in [6.45, 7) is 6.20. The molecule has 1 heterocycles. The van der Waals surface area contributed by atoms with Gasteiger partial charge in [0.25, 0.3) is 11.8 Å². The van der Waals surface area contributed by atoms with Gasteiger partial charge in [-0.2, -0.15) is 0 Å². The third kappa shape index (κ3) is 6.55. The van der Waals surface area contributed by atoms with Gasteiger partial charge >= 0.3 is 0 Å². The van der Waals surface area contributed by atoms with E-state index < -0.39 is 0 Å². The maximum atomic E-state index is 12.5. The highest BCUT2D eigenvalue weighted by Crippen LogP contribution is 2.13. The molecule has 1 aliphatic heterocycles. The number of rotatable bonds is 7. The molecule has 0 radical (unpaired) electrons. The van der Waals surface area contributed by atoms with Crippen molar-refractivity contribution in [3.63, 3.8) is 0 Å². The van der Waals surface area contributed by atoms with Crippen LogP contribution in [0.25, 0.3) is 0 Å². The Balaban J connectivity index is 1.47. The normalized spacial score (nSPS) is 13.6. The number of hydrogen-bond acceptors (Lipinski definition) is 5. The molecule has 1 saturated heterocycles. The third-order valence-electron chi connectivity index (χ3n) is 4.73. The first-order chi connectivity index (χ1) is 14.9. The van der Waals surface area contributed by atoms with Crippen LogP contribution in [0.5, 0.6) is 0 Å². The van der Waals surface area contributed by atoms with Crippen LogP contribution in [0.15, 0.2) is 48.5 Å². The van der Waals surface area contributed by atoms with Crippen LogP contribution >= 0.6 is 0 Å². The van der Waals surface area contributed by atoms with Crippen molar-refractivity contribution in [2.75, 3.05) is 43.5 Å². The highest BCUT2D eigenvalue weighted by atomic mass is 16.5. The Morgan fingerprint density at radius 2 is 1.48 bits per heavy atom. The first-order valence-electron chi connectivity index (χ1n) is 10.3. The Kier molecular flexibility index (Phi) is 7.61. The van der Waals surface area contributed by atoms with Crippen molar-refractivity contribution in [3.05, 3.63) is 59.7 Å². The van der Waals surface area contributed by atoms with Crippen molar-refractivity contribution < 1.29 is 19.1 Å². The molecule has 0 aromatic heterocycles. The van der Waals surface area contributed by atoms with Gasteiger partial charge in [-0.1, -0.05) is 0 Å². The molecule has 164 valence electrons. The fourth-order valence-electron chi connectivity index (χ4n) is 3.12. The van der Waals surface area contributed by atoms with Gasteiger partial charge < -0.3 is 25.6 Å². The molecule has 3 amide bonds. The van der Waals surface area contributed by atoms with Gasteiger partial charge in [-0.05, 0) is 62.4 Å². The van der Waals surface area contributed by atoms with Crippen LogP contribution < -0.4 is 16.0 Å². The summed E-state index contributed by atoms with van der Waals surface area (Å²) in [4.78, 5) is 38.4. The minimum Gasteiger partial charge on any atom is -0.378 e. The molecular weight excluding hydrogens is 396 g/mol. The fourth-order valence-corrected chi connectivity index (χ4v) is 3.12. The van der Waals surface area contributed by atoms with Crippen LogP contribution in [-0.4, -0.2) is 61.5 Å². The second-order valence-electron chi connectivity index (χ2n) is 7.59. The average molecular weight is 425 g/mol. The van der Waals surface area contributed by atoms with E-state index in [2.05, 4.69) is 16.0 Å². The van der Waals surface area contributed by atoms with Gasteiger partial charge in [0.15, 0.2) is 0 Å². The number of morpholine rings is 1. The summed E-state index contributed by atoms with van der Waals surface area (Å²) in [5.74, 6) is -0.379. The molecule has 1 aliphatic rings. The summed E-state index contributed by atoms with van der Waals surface area (Å²) >= 11 is 0. The average Bonchev–Trinajstić information content (AvgIpc) is 2.78. The maximum absolute atomic E-state index is 12.5. The molecule has 0 unspecified atom stereocenters. The maximum Gasteiger partial charge on any atom is 0.254 e. The third-order valence-corrected chi connectivity index (χ3v) is 4.73. The van der Waals surface area contributed by atoms with Gasteiger partial charge in [0.2, 0.25) is 5.91 Å². The highest BCUT2D eigenvalue weighted by molar-refractivity contribution is 5.97. The van der Waals surface area contributed by atoms with Crippen molar-refractivity contribution in [2.24, 2.45) is 0 Å². The van der Waals surface area contributed by atoms with Crippen LogP contribution in [0.4, 0.5) is 11.4 Å². The number of hydrogen-bond donors (Lipinski definition) is 3. The Labute approximate surface area is 182 Å². The summed E-state index contributed by atoms with van der Waals surface area (Å²) in [7, 11) is 0. The number of ether oxygens (including phenoxy) is 1. The number of nitrogens with one attached hydrogen (secondary N) is 3. The Morgan fingerprint density at radius 1 is 0.903 bits per heavy atom. The van der Waals surface area contributed by atoms with Gasteiger partial charge in [0, 0.05) is 41.6 Å². The largest absolute Gasteiger partial charge is 0.378 e. The van der Waals surface area contributed by atoms with Crippen molar-refractivity contribution in [1.29, 1.82) is 0 Å². The molecule has 31 heavy (non-hydrogen) atoms. The lowest BCUT2D eigenvalue weighted by Gasteiger charge is -2.26. The predicted octanol–water partition coefficient (Wildman–Crippen LogP) is 2.35. The second kappa shape index (κ2) is 10.6. The van der Waals surface area contributed by atoms with Crippen molar-refractivity contribution in [1.82, 2.24) is 10.2 Å². The zero-order valence-corrected chi connectivity index (χ0v) is 17.8. The SMILES string of the molecule is CC(C)NC(=O)c1ccc(NC(=O)CNc2ccc(C(=O)N3CCOCC3)cc2)cc1. The van der Waals surface area contributed by atoms with E-state index in [1.54, 1.807) is 53.4 Å². The lowest BCUT2D eigenvalue weighted by molar-refractivity contribution is -0.114. The predicted molar refractivity (Wildman–Crippen MR) is 119 cm³/mol. The van der Waals surface area contributed by atoms with Crippen molar-refractivity contribution in [2.45, 2.75) is 19.9 Å². The number of carbonyl (C=O) groups excluding carboxylic acids is 3. The molecule has 0 atom stereocenters. The number of nitrogens with zero attached hydrogens (tertiary/aromatic N) is 1. The van der Waals surface area contributed by atoms with Gasteiger partial charge in [0.05, 0.1) is 19.8 Å². The standard InChI is InChI=1S/C23H28N4O4/c1-16(2)25-22(29)17-3-9-20(10-4-17)26-21(28)15-24-19-7-5-18(6-8-19)23(30)27-11-13-31-14-12-27/h3-10,16,24H,11-15H2,1-2H3,(H,25,29)(H,26,28). The Morgan fingerprint density at radius 3 is 2.10 bits per heavy atom. The topological polar surface area (TPSA) is 99.8 Å². The molecule has 2 aromatic rings. The number of carbonyl (C=O) groups is 3. The van der Waals surface area contributed by atoms with E-state index in [1.807, 2.05) is 13.8 Å². The Bertz CT molecular complexity index is 904. The van der Waals surface area contributed by atoms with Crippen LogP contribution in [-0.2, 0) is 9.53 Å². The molecule has 1 fully saturated rings. The minimum absolute atomic E-state index is 0.0156. The quantitative estimate of drug-likeness (QED) is 0.634. The van der Waals surface area contributed by atoms with E-state index in [0.29, 0.717) is 43.1 Å². The van der Waals surface area contributed by atoms with E-state index in [9.17, 15) is 14.4 Å². The molecule has 0 bridgehead atoms. The smallest absolute Gasteiger partial charge is 0.254 e. The number of benzene rings is 2. The van der Waals surface area contributed by atoms with Crippen molar-refractivity contribution >= 4 is 29.1 Å². The molecule has 8 nitrogen and oxygen atoms in total. The van der Waals surface area contributed by atoms with Crippen molar-refractivity contribution in [3.8, 4) is 0 Å². The van der Waals surface area contributed by atoms with E-state index in [1.165, 1.54) is 0 Å². The molecule has 2 aromatic carbocycles. The summed E-state index contributed by atoms with van der Waals surface area (Å²) in [6.07, 6.45) is 0. The summed E-state index contributed by atoms with van der Waals surface area (Å²) in [5.41, 5.74) is 2.50. The van der Waals surface area contributed by atoms with Crippen LogP contribution in [0, 0.1) is 0 Å². The summed E-state index contributed by atoms with van der Waals surface area (Å²) in [6, 6.07) is 13.8. The summed E-state index contributed by atoms with van der Waals surface area (Å²) < 4.78 is 5.27. The lowest BCUT2D eigenvalue weighted by atomic mass is 10.1. The monoisotopic (exact) mass is 424 g/mol. The van der Waals surface area contributed by atoms with Gasteiger partial charge in [-0.3, -0.25) is 14.4 Å². The molecule has 0 spiro atoms. The van der Waals surface area contributed by atoms with Gasteiger partial charge in [0.1, 0.15) is 0 Å². The molecule has 8 heteroatoms. The van der Waals surface area contributed by atoms with E-state index >= 15 is 0 Å². The lowest BCUT2D eigenvalue weighted by Crippen LogP contribution is -2.40. The van der Waals surface area contributed by atoms with Crippen LogP contribution in [0.2, 0.25) is 0 Å². The molecular formula is C23H28N4O4. The number of anilines is 2. The minimum atomic E-state index is -0.215. The molecule has 0 aliphatic carbocycles. The molecule has 3 rings (SSSR count). The zero-order valence-electron chi connectivity index (χ0n) is 17.8. The zero-order chi connectivity index (χ0) is 22.2. The first kappa shape index (κ1) is 22.3. The van der Waals surface area contributed by atoms with E-state index in [0.717, 1.165) is 5.69 Å². The summed E-state index contributed by atoms with van der Waals surface area (Å²) in [5, 5.41) is 8.65. The van der Waals surface area contributed by atoms with Crippen LogP contribution in [0.3, 0.4) is 0 Å². The number of amides is 3. The fraction of sp³-hybridized carbons (Fsp3) is 0.348. The Hall–Kier alpha value is -3.39. The molecule has 3 N–H and O–H groups in total. The van der Waals surface area contributed by atoms with Gasteiger partial charge in [-0.25, -0.2) is 0 Å². The van der Waals surface area contributed by atoms with E-state index in [4.69, 9.17) is 4.74 Å².